The molecule has 0 aromatic carbocycles. The topological polar surface area (TPSA) is 117 Å². The number of anilines is 1. The first kappa shape index (κ1) is 22.7. The first-order valence-electron chi connectivity index (χ1n) is 7.91. The van der Waals surface area contributed by atoms with Crippen LogP contribution in [0.4, 0.5) is 18.9 Å². The summed E-state index contributed by atoms with van der Waals surface area (Å²) < 4.78 is 65.9. The van der Waals surface area contributed by atoms with Crippen molar-refractivity contribution >= 4 is 33.2 Å². The number of sulfonamides is 1. The van der Waals surface area contributed by atoms with Crippen molar-refractivity contribution in [1.82, 2.24) is 14.3 Å². The Morgan fingerprint density at radius 3 is 2.59 bits per heavy atom. The van der Waals surface area contributed by atoms with Crippen LogP contribution in [-0.4, -0.2) is 36.1 Å². The van der Waals surface area contributed by atoms with E-state index in [1.165, 1.54) is 37.0 Å². The highest BCUT2D eigenvalue weighted by molar-refractivity contribution is 7.89. The van der Waals surface area contributed by atoms with E-state index < -0.39 is 38.1 Å². The number of carbonyl (C=O) groups is 1. The van der Waals surface area contributed by atoms with Crippen LogP contribution in [0, 0.1) is 18.3 Å². The lowest BCUT2D eigenvalue weighted by molar-refractivity contribution is -0.147. The molecular weight excluding hydrogens is 435 g/mol. The van der Waals surface area contributed by atoms with Crippen molar-refractivity contribution in [3.8, 4) is 6.07 Å². The van der Waals surface area contributed by atoms with Gasteiger partial charge in [0.15, 0.2) is 0 Å². The van der Waals surface area contributed by atoms with Gasteiger partial charge in [0.05, 0.1) is 5.02 Å². The fourth-order valence-corrected chi connectivity index (χ4v) is 4.65. The molecule has 13 heteroatoms. The Bertz CT molecular complexity index is 1110. The standard InChI is InChI=1S/C16H15ClF3N5O3S/c1-8-14(29(27,28)24-9(2)16(18,19)20)12(17)13(25(8)3)15(26)23-10-4-5-22-11(6-10)7-21/h4-6,9,24H,1-3H3,(H,22,23,26)/t9-/m1/s1. The molecule has 1 amide bonds. The summed E-state index contributed by atoms with van der Waals surface area (Å²) in [4.78, 5) is 15.7. The number of amides is 1. The van der Waals surface area contributed by atoms with Crippen molar-refractivity contribution < 1.29 is 26.4 Å². The lowest BCUT2D eigenvalue weighted by Gasteiger charge is -2.17. The van der Waals surface area contributed by atoms with Gasteiger partial charge in [0.2, 0.25) is 10.0 Å². The molecule has 0 saturated carbocycles. The van der Waals surface area contributed by atoms with Gasteiger partial charge < -0.3 is 9.88 Å². The molecule has 156 valence electrons. The summed E-state index contributed by atoms with van der Waals surface area (Å²) in [7, 11) is -3.34. The lowest BCUT2D eigenvalue weighted by Crippen LogP contribution is -2.43. The zero-order valence-corrected chi connectivity index (χ0v) is 16.9. The summed E-state index contributed by atoms with van der Waals surface area (Å²) in [6.45, 7) is 1.95. The number of nitrogens with one attached hydrogen (secondary N) is 2. The highest BCUT2D eigenvalue weighted by Gasteiger charge is 2.40. The summed E-state index contributed by atoms with van der Waals surface area (Å²) >= 11 is 6.09. The van der Waals surface area contributed by atoms with E-state index in [1.54, 1.807) is 6.07 Å². The van der Waals surface area contributed by atoms with Crippen LogP contribution in [0.15, 0.2) is 23.2 Å². The van der Waals surface area contributed by atoms with Gasteiger partial charge in [-0.2, -0.15) is 23.2 Å². The normalized spacial score (nSPS) is 13.0. The van der Waals surface area contributed by atoms with Gasteiger partial charge in [-0.25, -0.2) is 13.4 Å². The van der Waals surface area contributed by atoms with Crippen LogP contribution >= 0.6 is 11.6 Å². The number of pyridine rings is 1. The van der Waals surface area contributed by atoms with Crippen LogP contribution in [0.2, 0.25) is 5.02 Å². The van der Waals surface area contributed by atoms with Crippen LogP contribution in [0.5, 0.6) is 0 Å². The highest BCUT2D eigenvalue weighted by atomic mass is 35.5. The van der Waals surface area contributed by atoms with E-state index in [2.05, 4.69) is 10.3 Å². The van der Waals surface area contributed by atoms with E-state index in [-0.39, 0.29) is 22.8 Å². The number of halogens is 4. The van der Waals surface area contributed by atoms with E-state index in [4.69, 9.17) is 16.9 Å². The van der Waals surface area contributed by atoms with Crippen molar-refractivity contribution in [2.24, 2.45) is 7.05 Å². The zero-order valence-electron chi connectivity index (χ0n) is 15.3. The third-order valence-electron chi connectivity index (χ3n) is 4.01. The Morgan fingerprint density at radius 2 is 2.03 bits per heavy atom. The van der Waals surface area contributed by atoms with Crippen LogP contribution in [0.25, 0.3) is 0 Å². The average molecular weight is 450 g/mol. The first-order valence-corrected chi connectivity index (χ1v) is 9.77. The molecule has 2 rings (SSSR count). The van der Waals surface area contributed by atoms with Crippen molar-refractivity contribution in [3.63, 3.8) is 0 Å². The van der Waals surface area contributed by atoms with Crippen molar-refractivity contribution in [1.29, 1.82) is 5.26 Å². The molecule has 0 spiro atoms. The average Bonchev–Trinajstić information content (AvgIpc) is 2.83. The van der Waals surface area contributed by atoms with Gasteiger partial charge >= 0.3 is 6.18 Å². The second-order valence-electron chi connectivity index (χ2n) is 6.02. The molecular formula is C16H15ClF3N5O3S. The number of aromatic nitrogens is 2. The molecule has 2 aromatic heterocycles. The number of hydrogen-bond donors (Lipinski definition) is 2. The highest BCUT2D eigenvalue weighted by Crippen LogP contribution is 2.32. The fourth-order valence-electron chi connectivity index (χ4n) is 2.42. The summed E-state index contributed by atoms with van der Waals surface area (Å²) in [6, 6.07) is 2.11. The molecule has 29 heavy (non-hydrogen) atoms. The zero-order chi connectivity index (χ0) is 22.1. The number of hydrogen-bond acceptors (Lipinski definition) is 5. The molecule has 0 unspecified atom stereocenters. The molecule has 0 bridgehead atoms. The number of nitriles is 1. The van der Waals surface area contributed by atoms with Gasteiger partial charge in [-0.1, -0.05) is 11.6 Å². The number of alkyl halides is 3. The van der Waals surface area contributed by atoms with Crippen LogP contribution < -0.4 is 10.0 Å². The van der Waals surface area contributed by atoms with Gasteiger partial charge in [-0.3, -0.25) is 4.79 Å². The number of carbonyl (C=O) groups excluding carboxylic acids is 1. The van der Waals surface area contributed by atoms with E-state index in [0.717, 1.165) is 4.57 Å². The summed E-state index contributed by atoms with van der Waals surface area (Å²) in [5.74, 6) is -0.819. The van der Waals surface area contributed by atoms with E-state index >= 15 is 0 Å². The molecule has 0 fully saturated rings. The molecule has 2 heterocycles. The maximum Gasteiger partial charge on any atom is 0.404 e. The van der Waals surface area contributed by atoms with E-state index in [0.29, 0.717) is 6.92 Å². The van der Waals surface area contributed by atoms with Crippen LogP contribution in [0.3, 0.4) is 0 Å². The SMILES string of the molecule is Cc1c(S(=O)(=O)N[C@H](C)C(F)(F)F)c(Cl)c(C(=O)Nc2ccnc(C#N)c2)n1C. The molecule has 0 saturated heterocycles. The fraction of sp³-hybridized carbons (Fsp3) is 0.312. The third kappa shape index (κ3) is 4.69. The van der Waals surface area contributed by atoms with Crippen molar-refractivity contribution in [2.75, 3.05) is 5.32 Å². The summed E-state index contributed by atoms with van der Waals surface area (Å²) in [5, 5.41) is 10.8. The lowest BCUT2D eigenvalue weighted by atomic mass is 10.3. The molecule has 2 N–H and O–H groups in total. The van der Waals surface area contributed by atoms with Gasteiger partial charge in [0.25, 0.3) is 5.91 Å². The van der Waals surface area contributed by atoms with Gasteiger partial charge in [-0.05, 0) is 26.0 Å². The molecule has 0 aliphatic rings. The third-order valence-corrected chi connectivity index (χ3v) is 6.19. The minimum absolute atomic E-state index is 0.0329. The van der Waals surface area contributed by atoms with Crippen LogP contribution in [-0.2, 0) is 17.1 Å². The quantitative estimate of drug-likeness (QED) is 0.727. The number of nitrogens with zero attached hydrogens (tertiary/aromatic N) is 3. The van der Waals surface area contributed by atoms with Gasteiger partial charge in [0, 0.05) is 24.6 Å². The van der Waals surface area contributed by atoms with Crippen LogP contribution in [0.1, 0.15) is 28.8 Å². The monoisotopic (exact) mass is 449 g/mol. The maximum absolute atomic E-state index is 12.8. The maximum atomic E-state index is 12.8. The predicted molar refractivity (Wildman–Crippen MR) is 97.9 cm³/mol. The first-order chi connectivity index (χ1) is 13.3. The van der Waals surface area contributed by atoms with Gasteiger partial charge in [-0.15, -0.1) is 0 Å². The molecule has 0 radical (unpaired) electrons. The molecule has 2 aromatic rings. The minimum atomic E-state index is -4.80. The Kier molecular flexibility index (Phi) is 6.27. The smallest absolute Gasteiger partial charge is 0.341 e. The molecule has 0 aliphatic carbocycles. The second kappa shape index (κ2) is 8.02. The van der Waals surface area contributed by atoms with Crippen molar-refractivity contribution in [3.05, 3.63) is 40.4 Å². The van der Waals surface area contributed by atoms with Gasteiger partial charge in [0.1, 0.15) is 28.4 Å². The Labute approximate surface area is 169 Å². The number of rotatable bonds is 5. The Hall–Kier alpha value is -2.62. The summed E-state index contributed by atoms with van der Waals surface area (Å²) in [6.07, 6.45) is -3.52. The van der Waals surface area contributed by atoms with Crippen molar-refractivity contribution in [2.45, 2.75) is 31.0 Å². The predicted octanol–water partition coefficient (Wildman–Crippen LogP) is 2.74. The molecule has 1 atom stereocenters. The molecule has 8 nitrogen and oxygen atoms in total. The largest absolute Gasteiger partial charge is 0.404 e. The molecule has 0 aliphatic heterocycles. The Balaban J connectivity index is 2.44. The summed E-state index contributed by atoms with van der Waals surface area (Å²) in [5.41, 5.74) is -0.0794. The minimum Gasteiger partial charge on any atom is -0.341 e. The van der Waals surface area contributed by atoms with E-state index in [1.807, 2.05) is 0 Å². The second-order valence-corrected chi connectivity index (χ2v) is 8.05. The Morgan fingerprint density at radius 1 is 1.41 bits per heavy atom. The van der Waals surface area contributed by atoms with E-state index in [9.17, 15) is 26.4 Å².